The second-order valence-corrected chi connectivity index (χ2v) is 6.92. The first kappa shape index (κ1) is 33.8. The zero-order valence-corrected chi connectivity index (χ0v) is 21.4. The average molecular weight is 337 g/mol. The molecule has 2 radical (unpaired) electrons. The van der Waals surface area contributed by atoms with Crippen LogP contribution < -0.4 is 74.6 Å². The Kier molecular flexibility index (Phi) is 27.8. The van der Waals surface area contributed by atoms with Gasteiger partial charge >= 0.3 is 59.1 Å². The van der Waals surface area contributed by atoms with E-state index in [-0.39, 0.29) is 118 Å². The Hall–Kier alpha value is 4.26. The average Bonchev–Trinajstić information content (AvgIpc) is 1.95. The van der Waals surface area contributed by atoms with E-state index in [1.54, 1.807) is 6.92 Å². The van der Waals surface area contributed by atoms with Gasteiger partial charge in [-0.15, -0.1) is 0 Å². The van der Waals surface area contributed by atoms with Crippen LogP contribution >= 0.6 is 15.2 Å². The van der Waals surface area contributed by atoms with E-state index in [0.29, 0.717) is 6.42 Å². The fourth-order valence-corrected chi connectivity index (χ4v) is 3.44. The van der Waals surface area contributed by atoms with Gasteiger partial charge in [-0.05, 0) is 12.8 Å². The largest absolute Gasteiger partial charge is 1.00 e. The molecule has 4 N–H and O–H groups in total. The number of nitrogens with two attached hydrogens (primary N) is 1. The van der Waals surface area contributed by atoms with Crippen molar-refractivity contribution in [3.05, 3.63) is 0 Å². The summed E-state index contributed by atoms with van der Waals surface area (Å²) < 4.78 is 21.3. The molecule has 0 bridgehead atoms. The van der Waals surface area contributed by atoms with E-state index in [1.807, 2.05) is 0 Å². The number of hydrogen-bond acceptors (Lipinski definition) is 5. The standard InChI is InChI=1S/C5H15NO6P2.4Na/c1-2-4(6)3-5(13(7,8)9)14(10,11)12;;;;/h4-5H,2-3,6H2,1H3,(H2,7,8,9)(H2,10,11,12);;;;/q;;;2*+1/p-2. The molecule has 18 heavy (non-hydrogen) atoms. The molecular weight excluding hydrogens is 324 g/mol. The minimum Gasteiger partial charge on any atom is -0.778 e. The van der Waals surface area contributed by atoms with Gasteiger partial charge in [0, 0.05) is 65.2 Å². The van der Waals surface area contributed by atoms with Crippen molar-refractivity contribution in [3.8, 4) is 0 Å². The Morgan fingerprint density at radius 2 is 1.39 bits per heavy atom. The molecule has 0 aromatic rings. The third-order valence-corrected chi connectivity index (χ3v) is 5.47. The van der Waals surface area contributed by atoms with E-state index in [0.717, 1.165) is 0 Å². The molecular formula is C5H13NNa4O6P2. The van der Waals surface area contributed by atoms with Gasteiger partial charge in [-0.3, -0.25) is 0 Å². The van der Waals surface area contributed by atoms with Gasteiger partial charge in [0.25, 0.3) is 0 Å². The van der Waals surface area contributed by atoms with Gasteiger partial charge in [0.15, 0.2) is 0 Å². The predicted molar refractivity (Wildman–Crippen MR) is 57.8 cm³/mol. The molecule has 88 valence electrons. The smallest absolute Gasteiger partial charge is 0.778 e. The molecule has 0 rings (SSSR count). The molecule has 0 saturated heterocycles. The Labute approximate surface area is 195 Å². The maximum absolute atomic E-state index is 10.6. The summed E-state index contributed by atoms with van der Waals surface area (Å²) in [5.74, 6) is 0. The van der Waals surface area contributed by atoms with E-state index >= 15 is 0 Å². The molecule has 0 aliphatic heterocycles. The Morgan fingerprint density at radius 1 is 1.11 bits per heavy atom. The Morgan fingerprint density at radius 3 is 1.56 bits per heavy atom. The third kappa shape index (κ3) is 15.2. The molecule has 7 nitrogen and oxygen atoms in total. The topological polar surface area (TPSA) is 147 Å². The molecule has 0 aliphatic carbocycles. The van der Waals surface area contributed by atoms with Crippen molar-refractivity contribution in [1.82, 2.24) is 0 Å². The van der Waals surface area contributed by atoms with Gasteiger partial charge in [-0.1, -0.05) is 6.92 Å². The number of rotatable bonds is 5. The Bertz CT molecular complexity index is 261. The van der Waals surface area contributed by atoms with E-state index in [9.17, 15) is 18.9 Å². The summed E-state index contributed by atoms with van der Waals surface area (Å²) in [6.07, 6.45) is -0.165. The summed E-state index contributed by atoms with van der Waals surface area (Å²) in [4.78, 5) is 38.4. The molecule has 0 amide bonds. The van der Waals surface area contributed by atoms with Crippen LogP contribution in [0.3, 0.4) is 0 Å². The van der Waals surface area contributed by atoms with Crippen molar-refractivity contribution in [3.63, 3.8) is 0 Å². The van der Waals surface area contributed by atoms with Crippen LogP contribution in [0.5, 0.6) is 0 Å². The maximum atomic E-state index is 10.6. The summed E-state index contributed by atoms with van der Waals surface area (Å²) in [5.41, 5.74) is 5.32. The molecule has 0 heterocycles. The third-order valence-electron chi connectivity index (χ3n) is 1.79. The van der Waals surface area contributed by atoms with Crippen LogP contribution in [0.2, 0.25) is 0 Å². The van der Waals surface area contributed by atoms with Crippen molar-refractivity contribution < 1.29 is 87.8 Å². The molecule has 3 atom stereocenters. The second kappa shape index (κ2) is 14.8. The first-order chi connectivity index (χ1) is 6.09. The second-order valence-electron chi connectivity index (χ2n) is 3.01. The van der Waals surface area contributed by atoms with Crippen LogP contribution in [0.15, 0.2) is 0 Å². The minimum absolute atomic E-state index is 0. The molecule has 3 unspecified atom stereocenters. The Balaban J connectivity index is -0.000000141. The fraction of sp³-hybridized carbons (Fsp3) is 1.00. The van der Waals surface area contributed by atoms with Crippen molar-refractivity contribution in [2.24, 2.45) is 5.73 Å². The summed E-state index contributed by atoms with van der Waals surface area (Å²) >= 11 is 0. The van der Waals surface area contributed by atoms with Crippen molar-refractivity contribution >= 4 is 74.3 Å². The summed E-state index contributed by atoms with van der Waals surface area (Å²) in [5, 5.41) is -2.20. The van der Waals surface area contributed by atoms with Gasteiger partial charge in [0.1, 0.15) is 15.2 Å². The quantitative estimate of drug-likeness (QED) is 0.333. The van der Waals surface area contributed by atoms with Gasteiger partial charge in [0.05, 0.1) is 5.40 Å². The normalized spacial score (nSPS) is 19.2. The van der Waals surface area contributed by atoms with E-state index < -0.39 is 33.1 Å². The van der Waals surface area contributed by atoms with Crippen LogP contribution in [0.25, 0.3) is 0 Å². The van der Waals surface area contributed by atoms with Gasteiger partial charge < -0.3 is 34.4 Å². The summed E-state index contributed by atoms with van der Waals surface area (Å²) in [6.45, 7) is 1.63. The first-order valence-electron chi connectivity index (χ1n) is 3.91. The monoisotopic (exact) mass is 337 g/mol. The molecule has 0 saturated carbocycles. The zero-order valence-electron chi connectivity index (χ0n) is 11.6. The molecule has 0 spiro atoms. The molecule has 0 aromatic carbocycles. The van der Waals surface area contributed by atoms with Crippen molar-refractivity contribution in [2.75, 3.05) is 0 Å². The molecule has 0 aromatic heterocycles. The minimum atomic E-state index is -5.12. The van der Waals surface area contributed by atoms with E-state index in [4.69, 9.17) is 15.5 Å². The van der Waals surface area contributed by atoms with Crippen molar-refractivity contribution in [2.45, 2.75) is 31.2 Å². The molecule has 0 fully saturated rings. The maximum Gasteiger partial charge on any atom is 1.00 e. The van der Waals surface area contributed by atoms with Crippen LogP contribution in [0.4, 0.5) is 0 Å². The first-order valence-corrected chi connectivity index (χ1v) is 7.21. The summed E-state index contributed by atoms with van der Waals surface area (Å²) in [7, 11) is -10.2. The zero-order chi connectivity index (χ0) is 11.6. The van der Waals surface area contributed by atoms with Crippen molar-refractivity contribution in [1.29, 1.82) is 0 Å². The molecule has 0 aliphatic rings. The fourth-order valence-electron chi connectivity index (χ4n) is 0.888. The van der Waals surface area contributed by atoms with Crippen LogP contribution in [-0.2, 0) is 9.13 Å². The van der Waals surface area contributed by atoms with Crippen LogP contribution in [0.1, 0.15) is 19.8 Å². The molecule has 13 heteroatoms. The van der Waals surface area contributed by atoms with E-state index in [2.05, 4.69) is 0 Å². The van der Waals surface area contributed by atoms with Crippen LogP contribution in [0, 0.1) is 0 Å². The van der Waals surface area contributed by atoms with Crippen LogP contribution in [-0.4, -0.2) is 80.3 Å². The van der Waals surface area contributed by atoms with Gasteiger partial charge in [0.2, 0.25) is 0 Å². The van der Waals surface area contributed by atoms with Gasteiger partial charge in [-0.25, -0.2) is 0 Å². The van der Waals surface area contributed by atoms with Gasteiger partial charge in [-0.2, -0.15) is 0 Å². The predicted octanol–water partition coefficient (Wildman–Crippen LogP) is -8.22. The number of hydrogen-bond donors (Lipinski definition) is 3. The van der Waals surface area contributed by atoms with E-state index in [1.165, 1.54) is 0 Å². The SMILES string of the molecule is CCC(N)CC(P(=O)([O-])O)P(=O)([O-])O.[Na+].[Na+].[Na].[Na]. The summed E-state index contributed by atoms with van der Waals surface area (Å²) in [6, 6.07) is -0.705.